The van der Waals surface area contributed by atoms with Gasteiger partial charge in [-0.25, -0.2) is 0 Å². The summed E-state index contributed by atoms with van der Waals surface area (Å²) in [6.45, 7) is 0. The van der Waals surface area contributed by atoms with Crippen LogP contribution in [0.5, 0.6) is 0 Å². The molecular formula is C63H41NO. The van der Waals surface area contributed by atoms with Gasteiger partial charge in [0.05, 0.1) is 5.41 Å². The monoisotopic (exact) mass is 827 g/mol. The first-order valence-electron chi connectivity index (χ1n) is 22.4. The van der Waals surface area contributed by atoms with Crippen molar-refractivity contribution in [1.29, 1.82) is 0 Å². The highest BCUT2D eigenvalue weighted by molar-refractivity contribution is 6.02. The first-order chi connectivity index (χ1) is 32.2. The zero-order valence-corrected chi connectivity index (χ0v) is 35.5. The zero-order chi connectivity index (χ0) is 42.9. The molecule has 10 aromatic carbocycles. The summed E-state index contributed by atoms with van der Waals surface area (Å²) in [6, 6.07) is 90.5. The first kappa shape index (κ1) is 37.1. The molecule has 0 saturated heterocycles. The van der Waals surface area contributed by atoms with Gasteiger partial charge in [0.1, 0.15) is 11.3 Å². The Morgan fingerprint density at radius 3 is 1.25 bits per heavy atom. The molecule has 2 heteroatoms. The van der Waals surface area contributed by atoms with E-state index in [-0.39, 0.29) is 0 Å². The molecule has 0 atom stereocenters. The van der Waals surface area contributed by atoms with E-state index < -0.39 is 5.41 Å². The second-order valence-corrected chi connectivity index (χ2v) is 17.2. The molecule has 2 nitrogen and oxygen atoms in total. The number of furan rings is 1. The molecular weight excluding hydrogens is 787 g/mol. The van der Waals surface area contributed by atoms with Gasteiger partial charge in [0, 0.05) is 33.6 Å². The van der Waals surface area contributed by atoms with Crippen molar-refractivity contribution in [3.63, 3.8) is 0 Å². The van der Waals surface area contributed by atoms with Crippen LogP contribution in [0.2, 0.25) is 0 Å². The third kappa shape index (κ3) is 5.74. The van der Waals surface area contributed by atoms with E-state index in [1.165, 1.54) is 55.6 Å². The fraction of sp³-hybridized carbons (Fsp3) is 0.0159. The topological polar surface area (TPSA) is 16.4 Å². The van der Waals surface area contributed by atoms with Crippen LogP contribution in [0, 0.1) is 0 Å². The Kier molecular flexibility index (Phi) is 8.47. The van der Waals surface area contributed by atoms with Crippen molar-refractivity contribution in [2.75, 3.05) is 4.90 Å². The predicted molar refractivity (Wildman–Crippen MR) is 269 cm³/mol. The molecule has 0 saturated carbocycles. The number of anilines is 3. The Morgan fingerprint density at radius 1 is 0.292 bits per heavy atom. The minimum atomic E-state index is -0.432. The Labute approximate surface area is 379 Å². The number of rotatable bonds is 7. The van der Waals surface area contributed by atoms with E-state index in [2.05, 4.69) is 241 Å². The van der Waals surface area contributed by atoms with E-state index >= 15 is 0 Å². The summed E-state index contributed by atoms with van der Waals surface area (Å²) < 4.78 is 6.49. The van der Waals surface area contributed by atoms with Crippen molar-refractivity contribution < 1.29 is 4.42 Å². The fourth-order valence-electron chi connectivity index (χ4n) is 10.9. The molecule has 304 valence electrons. The van der Waals surface area contributed by atoms with Gasteiger partial charge in [-0.3, -0.25) is 0 Å². The lowest BCUT2D eigenvalue weighted by atomic mass is 9.70. The van der Waals surface area contributed by atoms with Crippen LogP contribution in [0.3, 0.4) is 0 Å². The molecule has 1 spiro atoms. The quantitative estimate of drug-likeness (QED) is 0.159. The van der Waals surface area contributed by atoms with Gasteiger partial charge in [0.15, 0.2) is 0 Å². The van der Waals surface area contributed by atoms with Crippen molar-refractivity contribution >= 4 is 28.0 Å². The van der Waals surface area contributed by atoms with E-state index in [0.29, 0.717) is 0 Å². The second-order valence-electron chi connectivity index (χ2n) is 17.2. The summed E-state index contributed by atoms with van der Waals surface area (Å²) in [6.07, 6.45) is 0. The Morgan fingerprint density at radius 2 is 0.692 bits per heavy atom. The van der Waals surface area contributed by atoms with E-state index in [0.717, 1.165) is 61.6 Å². The van der Waals surface area contributed by atoms with Crippen molar-refractivity contribution in [1.82, 2.24) is 0 Å². The minimum Gasteiger partial charge on any atom is -0.455 e. The van der Waals surface area contributed by atoms with Crippen LogP contribution >= 0.6 is 0 Å². The van der Waals surface area contributed by atoms with E-state index in [4.69, 9.17) is 4.42 Å². The van der Waals surface area contributed by atoms with Crippen LogP contribution in [0.25, 0.3) is 77.9 Å². The number of benzene rings is 10. The average Bonchev–Trinajstić information content (AvgIpc) is 4.02. The Balaban J connectivity index is 0.926. The summed E-state index contributed by atoms with van der Waals surface area (Å²) in [5, 5.41) is 1.11. The largest absolute Gasteiger partial charge is 0.455 e. The summed E-state index contributed by atoms with van der Waals surface area (Å²) in [5.74, 6) is 0.892. The first-order valence-corrected chi connectivity index (χ1v) is 22.4. The highest BCUT2D eigenvalue weighted by Crippen LogP contribution is 2.63. The molecule has 0 radical (unpaired) electrons. The van der Waals surface area contributed by atoms with Crippen molar-refractivity contribution in [3.05, 3.63) is 271 Å². The lowest BCUT2D eigenvalue weighted by Crippen LogP contribution is -2.26. The standard InChI is InChI=1S/C63H41NO/c1-3-15-42(16-4-1)44-31-35-48(36-32-44)64(50-39-40-54-53-21-9-13-25-58(53)63(59(54)41-50)56-23-11-7-19-51(56)52-20-8-12-24-57(52)63)49-37-33-45(34-38-49)43-27-29-46(30-28-43)61-55-22-10-14-26-60(55)65-62(61)47-17-5-2-6-18-47/h1-41H. The Hall–Kier alpha value is -8.46. The van der Waals surface area contributed by atoms with Crippen LogP contribution in [0.1, 0.15) is 22.3 Å². The fourth-order valence-corrected chi connectivity index (χ4v) is 10.9. The third-order valence-corrected chi connectivity index (χ3v) is 13.7. The van der Waals surface area contributed by atoms with Crippen molar-refractivity contribution in [3.8, 4) is 67.0 Å². The molecule has 0 bridgehead atoms. The summed E-state index contributed by atoms with van der Waals surface area (Å²) >= 11 is 0. The molecule has 13 rings (SSSR count). The smallest absolute Gasteiger partial charge is 0.143 e. The highest BCUT2D eigenvalue weighted by atomic mass is 16.3. The average molecular weight is 828 g/mol. The number of hydrogen-bond acceptors (Lipinski definition) is 2. The number of nitrogens with zero attached hydrogens (tertiary/aromatic N) is 1. The second kappa shape index (κ2) is 14.8. The van der Waals surface area contributed by atoms with Gasteiger partial charge >= 0.3 is 0 Å². The predicted octanol–water partition coefficient (Wildman–Crippen LogP) is 16.9. The van der Waals surface area contributed by atoms with Crippen LogP contribution < -0.4 is 4.90 Å². The maximum Gasteiger partial charge on any atom is 0.143 e. The number of hydrogen-bond donors (Lipinski definition) is 0. The molecule has 1 aromatic heterocycles. The van der Waals surface area contributed by atoms with Crippen LogP contribution in [-0.2, 0) is 5.41 Å². The van der Waals surface area contributed by atoms with Crippen LogP contribution in [-0.4, -0.2) is 0 Å². The molecule has 11 aromatic rings. The third-order valence-electron chi connectivity index (χ3n) is 13.7. The van der Waals surface area contributed by atoms with Gasteiger partial charge in [-0.05, 0) is 115 Å². The SMILES string of the molecule is c1ccc(-c2ccc(N(c3ccc(-c4ccc(-c5c(-c6ccccc6)oc6ccccc56)cc4)cc3)c3ccc4c(c3)C3(c5ccccc5-c5ccccc53)c3ccccc3-4)cc2)cc1. The van der Waals surface area contributed by atoms with Gasteiger partial charge in [-0.1, -0.05) is 206 Å². The molecule has 2 aliphatic carbocycles. The normalized spacial score (nSPS) is 12.7. The molecule has 0 aliphatic heterocycles. The maximum absolute atomic E-state index is 6.49. The summed E-state index contributed by atoms with van der Waals surface area (Å²) in [4.78, 5) is 2.42. The van der Waals surface area contributed by atoms with Gasteiger partial charge in [0.25, 0.3) is 0 Å². The molecule has 0 fully saturated rings. The Bertz CT molecular complexity index is 3500. The molecule has 2 aliphatic rings. The molecule has 0 N–H and O–H groups in total. The van der Waals surface area contributed by atoms with Gasteiger partial charge < -0.3 is 9.32 Å². The number of para-hydroxylation sites is 1. The molecule has 0 amide bonds. The van der Waals surface area contributed by atoms with Crippen LogP contribution in [0.4, 0.5) is 17.1 Å². The van der Waals surface area contributed by atoms with E-state index in [1.54, 1.807) is 0 Å². The van der Waals surface area contributed by atoms with E-state index in [9.17, 15) is 0 Å². The summed E-state index contributed by atoms with van der Waals surface area (Å²) in [5.41, 5.74) is 22.3. The van der Waals surface area contributed by atoms with Crippen molar-refractivity contribution in [2.45, 2.75) is 5.41 Å². The molecule has 1 heterocycles. The highest BCUT2D eigenvalue weighted by Gasteiger charge is 2.51. The lowest BCUT2D eigenvalue weighted by molar-refractivity contribution is 0.632. The zero-order valence-electron chi connectivity index (χ0n) is 35.5. The van der Waals surface area contributed by atoms with E-state index in [1.807, 2.05) is 12.1 Å². The molecule has 65 heavy (non-hydrogen) atoms. The van der Waals surface area contributed by atoms with Crippen LogP contribution in [0.15, 0.2) is 253 Å². The van der Waals surface area contributed by atoms with Gasteiger partial charge in [0.2, 0.25) is 0 Å². The lowest BCUT2D eigenvalue weighted by Gasteiger charge is -2.32. The maximum atomic E-state index is 6.49. The number of fused-ring (bicyclic) bond motifs is 11. The summed E-state index contributed by atoms with van der Waals surface area (Å²) in [7, 11) is 0. The van der Waals surface area contributed by atoms with Gasteiger partial charge in [-0.2, -0.15) is 0 Å². The van der Waals surface area contributed by atoms with Crippen molar-refractivity contribution in [2.24, 2.45) is 0 Å². The molecule has 0 unspecified atom stereocenters. The minimum absolute atomic E-state index is 0.432. The van der Waals surface area contributed by atoms with Gasteiger partial charge in [-0.15, -0.1) is 0 Å².